The van der Waals surface area contributed by atoms with Crippen molar-refractivity contribution in [1.82, 2.24) is 5.32 Å². The average Bonchev–Trinajstić information content (AvgIpc) is 2.56. The lowest BCUT2D eigenvalue weighted by molar-refractivity contribution is -0.141. The Balaban J connectivity index is 2.05. The van der Waals surface area contributed by atoms with E-state index >= 15 is 0 Å². The summed E-state index contributed by atoms with van der Waals surface area (Å²) < 4.78 is 0. The topological polar surface area (TPSA) is 66.4 Å². The van der Waals surface area contributed by atoms with Crippen LogP contribution in [0.4, 0.5) is 0 Å². The highest BCUT2D eigenvalue weighted by Crippen LogP contribution is 2.20. The maximum Gasteiger partial charge on any atom is 0.306 e. The minimum Gasteiger partial charge on any atom is -0.481 e. The zero-order valence-corrected chi connectivity index (χ0v) is 13.1. The number of hydrogen-bond donors (Lipinski definition) is 2. The van der Waals surface area contributed by atoms with E-state index in [4.69, 9.17) is 5.11 Å². The maximum atomic E-state index is 11.0. The Morgan fingerprint density at radius 2 is 1.70 bits per heavy atom. The Morgan fingerprint density at radius 1 is 1.09 bits per heavy atom. The first-order valence-corrected chi connectivity index (χ1v) is 7.67. The first-order valence-electron chi connectivity index (χ1n) is 7.67. The molecule has 2 aromatic carbocycles. The van der Waals surface area contributed by atoms with E-state index in [1.165, 1.54) is 0 Å². The number of carbonyl (C=O) groups is 2. The van der Waals surface area contributed by atoms with E-state index in [2.05, 4.69) is 17.4 Å². The van der Waals surface area contributed by atoms with Crippen molar-refractivity contribution < 1.29 is 14.7 Å². The van der Waals surface area contributed by atoms with Gasteiger partial charge in [0.25, 0.3) is 0 Å². The molecular weight excluding hydrogens is 290 g/mol. The van der Waals surface area contributed by atoms with E-state index < -0.39 is 11.9 Å². The summed E-state index contributed by atoms with van der Waals surface area (Å²) in [6, 6.07) is 18.0. The zero-order chi connectivity index (χ0) is 16.7. The molecule has 1 amide bonds. The second-order valence-electron chi connectivity index (χ2n) is 5.72. The number of rotatable bonds is 8. The largest absolute Gasteiger partial charge is 0.481 e. The molecule has 120 valence electrons. The van der Waals surface area contributed by atoms with Crippen LogP contribution in [0.25, 0.3) is 11.1 Å². The predicted molar refractivity (Wildman–Crippen MR) is 90.0 cm³/mol. The van der Waals surface area contributed by atoms with E-state index in [1.807, 2.05) is 42.5 Å². The Kier molecular flexibility index (Phi) is 5.92. The standard InChI is InChI=1S/C19H21NO3/c1-14(19(22)23)11-18(20-13-21)12-15-7-9-17(10-8-15)16-5-3-2-4-6-16/h2-10,13-14,18H,11-12H2,1H3,(H,20,21)(H,22,23)/t14-,18?/m1/s1. The summed E-state index contributed by atoms with van der Waals surface area (Å²) in [6.07, 6.45) is 1.66. The molecule has 4 nitrogen and oxygen atoms in total. The van der Waals surface area contributed by atoms with Crippen molar-refractivity contribution in [3.63, 3.8) is 0 Å². The fourth-order valence-electron chi connectivity index (χ4n) is 2.58. The third-order valence-corrected chi connectivity index (χ3v) is 3.91. The lowest BCUT2D eigenvalue weighted by Crippen LogP contribution is -2.33. The van der Waals surface area contributed by atoms with Gasteiger partial charge in [-0.2, -0.15) is 0 Å². The summed E-state index contributed by atoms with van der Waals surface area (Å²) in [5, 5.41) is 11.7. The SMILES string of the molecule is C[C@H](CC(Cc1ccc(-c2ccccc2)cc1)NC=O)C(=O)O. The van der Waals surface area contributed by atoms with Gasteiger partial charge in [-0.15, -0.1) is 0 Å². The van der Waals surface area contributed by atoms with E-state index in [0.29, 0.717) is 19.3 Å². The maximum absolute atomic E-state index is 11.0. The highest BCUT2D eigenvalue weighted by atomic mass is 16.4. The second-order valence-corrected chi connectivity index (χ2v) is 5.72. The molecule has 0 aliphatic heterocycles. The van der Waals surface area contributed by atoms with Gasteiger partial charge >= 0.3 is 5.97 Å². The summed E-state index contributed by atoms with van der Waals surface area (Å²) in [7, 11) is 0. The number of hydrogen-bond acceptors (Lipinski definition) is 2. The van der Waals surface area contributed by atoms with Gasteiger partial charge in [0.1, 0.15) is 0 Å². The van der Waals surface area contributed by atoms with Crippen LogP contribution in [0.2, 0.25) is 0 Å². The van der Waals surface area contributed by atoms with Crippen LogP contribution in [0.3, 0.4) is 0 Å². The smallest absolute Gasteiger partial charge is 0.306 e. The molecule has 0 aliphatic carbocycles. The zero-order valence-electron chi connectivity index (χ0n) is 13.1. The quantitative estimate of drug-likeness (QED) is 0.736. The lowest BCUT2D eigenvalue weighted by atomic mass is 9.95. The average molecular weight is 311 g/mol. The Labute approximate surface area is 136 Å². The summed E-state index contributed by atoms with van der Waals surface area (Å²) in [4.78, 5) is 21.7. The molecule has 0 saturated carbocycles. The van der Waals surface area contributed by atoms with Crippen molar-refractivity contribution in [2.75, 3.05) is 0 Å². The third kappa shape index (κ3) is 4.95. The molecule has 0 spiro atoms. The van der Waals surface area contributed by atoms with E-state index in [1.54, 1.807) is 6.92 Å². The van der Waals surface area contributed by atoms with Gasteiger partial charge < -0.3 is 10.4 Å². The van der Waals surface area contributed by atoms with Crippen LogP contribution in [0.1, 0.15) is 18.9 Å². The molecule has 23 heavy (non-hydrogen) atoms. The van der Waals surface area contributed by atoms with Crippen LogP contribution >= 0.6 is 0 Å². The second kappa shape index (κ2) is 8.13. The van der Waals surface area contributed by atoms with Gasteiger partial charge in [-0.05, 0) is 29.5 Å². The first kappa shape index (κ1) is 16.7. The number of amides is 1. The first-order chi connectivity index (χ1) is 11.1. The monoisotopic (exact) mass is 311 g/mol. The molecule has 0 saturated heterocycles. The summed E-state index contributed by atoms with van der Waals surface area (Å²) in [5.74, 6) is -1.34. The van der Waals surface area contributed by atoms with Crippen LogP contribution in [0.5, 0.6) is 0 Å². The normalized spacial score (nSPS) is 13.1. The molecule has 0 fully saturated rings. The van der Waals surface area contributed by atoms with E-state index in [-0.39, 0.29) is 6.04 Å². The van der Waals surface area contributed by atoms with Crippen molar-refractivity contribution in [2.45, 2.75) is 25.8 Å². The van der Waals surface area contributed by atoms with Gasteiger partial charge in [0.05, 0.1) is 5.92 Å². The van der Waals surface area contributed by atoms with Gasteiger partial charge in [0, 0.05) is 6.04 Å². The Morgan fingerprint density at radius 3 is 2.26 bits per heavy atom. The molecule has 0 radical (unpaired) electrons. The molecule has 4 heteroatoms. The minimum absolute atomic E-state index is 0.179. The van der Waals surface area contributed by atoms with Gasteiger partial charge in [-0.3, -0.25) is 9.59 Å². The Bertz CT molecular complexity index is 637. The predicted octanol–water partition coefficient (Wildman–Crippen LogP) is 3.12. The number of aliphatic carboxylic acids is 1. The number of benzene rings is 2. The number of carboxylic acid groups (broad SMARTS) is 1. The van der Waals surface area contributed by atoms with Crippen molar-refractivity contribution in [3.8, 4) is 11.1 Å². The highest BCUT2D eigenvalue weighted by Gasteiger charge is 2.18. The molecule has 0 heterocycles. The molecule has 0 bridgehead atoms. The van der Waals surface area contributed by atoms with Crippen molar-refractivity contribution in [1.29, 1.82) is 0 Å². The molecule has 2 rings (SSSR count). The van der Waals surface area contributed by atoms with Crippen molar-refractivity contribution >= 4 is 12.4 Å². The fourth-order valence-corrected chi connectivity index (χ4v) is 2.58. The number of carbonyl (C=O) groups excluding carboxylic acids is 1. The molecule has 2 N–H and O–H groups in total. The fraction of sp³-hybridized carbons (Fsp3) is 0.263. The van der Waals surface area contributed by atoms with Crippen LogP contribution in [-0.2, 0) is 16.0 Å². The van der Waals surface area contributed by atoms with Gasteiger partial charge in [-0.25, -0.2) is 0 Å². The van der Waals surface area contributed by atoms with Crippen molar-refractivity contribution in [2.24, 2.45) is 5.92 Å². The third-order valence-electron chi connectivity index (χ3n) is 3.91. The van der Waals surface area contributed by atoms with Crippen molar-refractivity contribution in [3.05, 3.63) is 60.2 Å². The van der Waals surface area contributed by atoms with Crippen LogP contribution in [-0.4, -0.2) is 23.5 Å². The van der Waals surface area contributed by atoms with E-state index in [0.717, 1.165) is 16.7 Å². The van der Waals surface area contributed by atoms with Crippen LogP contribution in [0.15, 0.2) is 54.6 Å². The molecule has 0 aromatic heterocycles. The molecule has 0 aliphatic rings. The molecule has 2 aromatic rings. The summed E-state index contributed by atoms with van der Waals surface area (Å²) in [6.45, 7) is 1.65. The van der Waals surface area contributed by atoms with E-state index in [9.17, 15) is 9.59 Å². The Hall–Kier alpha value is -2.62. The van der Waals surface area contributed by atoms with Gasteiger partial charge in [0.2, 0.25) is 6.41 Å². The van der Waals surface area contributed by atoms with Gasteiger partial charge in [0.15, 0.2) is 0 Å². The minimum atomic E-state index is -0.845. The molecule has 2 atom stereocenters. The number of carboxylic acids is 1. The summed E-state index contributed by atoms with van der Waals surface area (Å²) in [5.41, 5.74) is 3.36. The lowest BCUT2D eigenvalue weighted by Gasteiger charge is -2.18. The molecule has 1 unspecified atom stereocenters. The van der Waals surface area contributed by atoms with Gasteiger partial charge in [-0.1, -0.05) is 61.5 Å². The number of nitrogens with one attached hydrogen (secondary N) is 1. The van der Waals surface area contributed by atoms with Crippen LogP contribution in [0, 0.1) is 5.92 Å². The summed E-state index contributed by atoms with van der Waals surface area (Å²) >= 11 is 0. The highest BCUT2D eigenvalue weighted by molar-refractivity contribution is 5.69. The molecular formula is C19H21NO3. The van der Waals surface area contributed by atoms with Crippen LogP contribution < -0.4 is 5.32 Å².